The van der Waals surface area contributed by atoms with Gasteiger partial charge in [-0.15, -0.1) is 11.3 Å². The summed E-state index contributed by atoms with van der Waals surface area (Å²) < 4.78 is 7.06. The number of amides is 1. The molecule has 0 saturated carbocycles. The molecular formula is C14H14N4O2S. The number of aromatic nitrogens is 2. The van der Waals surface area contributed by atoms with Crippen LogP contribution >= 0.6 is 11.3 Å². The number of hydrogen-bond acceptors (Lipinski definition) is 5. The highest BCUT2D eigenvalue weighted by molar-refractivity contribution is 7.15. The summed E-state index contributed by atoms with van der Waals surface area (Å²) in [6, 6.07) is 7.70. The van der Waals surface area contributed by atoms with Gasteiger partial charge in [0, 0.05) is 22.8 Å². The number of hydrazine groups is 1. The Balaban J connectivity index is 1.95. The molecule has 0 saturated heterocycles. The summed E-state index contributed by atoms with van der Waals surface area (Å²) in [5.74, 6) is 5.70. The van der Waals surface area contributed by atoms with Crippen molar-refractivity contribution in [1.82, 2.24) is 14.8 Å². The first-order valence-corrected chi connectivity index (χ1v) is 7.18. The number of rotatable bonds is 4. The van der Waals surface area contributed by atoms with Crippen LogP contribution in [0.4, 0.5) is 0 Å². The lowest BCUT2D eigenvalue weighted by atomic mass is 10.2. The lowest BCUT2D eigenvalue weighted by Gasteiger charge is -2.00. The monoisotopic (exact) mass is 302 g/mol. The number of nitrogens with zero attached hydrogens (tertiary/aromatic N) is 2. The molecule has 0 bridgehead atoms. The van der Waals surface area contributed by atoms with Crippen LogP contribution in [0.3, 0.4) is 0 Å². The number of methoxy groups -OCH3 is 1. The Morgan fingerprint density at radius 1 is 1.43 bits per heavy atom. The maximum absolute atomic E-state index is 11.4. The summed E-state index contributed by atoms with van der Waals surface area (Å²) in [5, 5.41) is 1.91. The molecule has 0 unspecified atom stereocenters. The fourth-order valence-electron chi connectivity index (χ4n) is 2.07. The second kappa shape index (κ2) is 5.55. The highest BCUT2D eigenvalue weighted by Crippen LogP contribution is 2.25. The van der Waals surface area contributed by atoms with E-state index in [1.807, 2.05) is 40.2 Å². The second-order valence-electron chi connectivity index (χ2n) is 4.48. The molecule has 3 N–H and O–H groups in total. The third-order valence-corrected chi connectivity index (χ3v) is 4.06. The van der Waals surface area contributed by atoms with Gasteiger partial charge in [0.25, 0.3) is 0 Å². The Labute approximate surface area is 125 Å². The van der Waals surface area contributed by atoms with Crippen LogP contribution in [0.25, 0.3) is 16.2 Å². The smallest absolute Gasteiger partial charge is 0.239 e. The Bertz CT molecular complexity index is 776. The molecule has 1 aromatic carbocycles. The average molecular weight is 302 g/mol. The highest BCUT2D eigenvalue weighted by atomic mass is 32.1. The van der Waals surface area contributed by atoms with Gasteiger partial charge in [-0.2, -0.15) is 0 Å². The van der Waals surface area contributed by atoms with Crippen molar-refractivity contribution in [2.24, 2.45) is 5.84 Å². The quantitative estimate of drug-likeness (QED) is 0.436. The third-order valence-electron chi connectivity index (χ3n) is 3.17. The Morgan fingerprint density at radius 2 is 2.19 bits per heavy atom. The zero-order valence-corrected chi connectivity index (χ0v) is 12.2. The van der Waals surface area contributed by atoms with Crippen LogP contribution in [-0.4, -0.2) is 22.4 Å². The van der Waals surface area contributed by atoms with Crippen LogP contribution < -0.4 is 16.0 Å². The number of hydrogen-bond donors (Lipinski definition) is 2. The minimum absolute atomic E-state index is 0.227. The highest BCUT2D eigenvalue weighted by Gasteiger charge is 2.12. The normalized spacial score (nSPS) is 10.8. The zero-order valence-electron chi connectivity index (χ0n) is 11.4. The van der Waals surface area contributed by atoms with Crippen LogP contribution in [-0.2, 0) is 11.2 Å². The van der Waals surface area contributed by atoms with Crippen molar-refractivity contribution in [1.29, 1.82) is 0 Å². The number of fused-ring (bicyclic) bond motifs is 1. The molecule has 21 heavy (non-hydrogen) atoms. The number of nitrogens with two attached hydrogens (primary N) is 1. The molecule has 108 valence electrons. The van der Waals surface area contributed by atoms with Gasteiger partial charge in [0.2, 0.25) is 5.91 Å². The molecule has 2 heterocycles. The number of carbonyl (C=O) groups excluding carboxylic acids is 1. The number of ether oxygens (including phenoxy) is 1. The van der Waals surface area contributed by atoms with E-state index in [0.717, 1.165) is 27.7 Å². The topological polar surface area (TPSA) is 81.7 Å². The predicted octanol–water partition coefficient (Wildman–Crippen LogP) is 1.60. The van der Waals surface area contributed by atoms with Gasteiger partial charge >= 0.3 is 0 Å². The summed E-state index contributed by atoms with van der Waals surface area (Å²) in [4.78, 5) is 16.8. The largest absolute Gasteiger partial charge is 0.497 e. The molecular weight excluding hydrogens is 288 g/mol. The van der Waals surface area contributed by atoms with Gasteiger partial charge in [-0.3, -0.25) is 14.6 Å². The lowest BCUT2D eigenvalue weighted by molar-refractivity contribution is -0.120. The molecule has 2 aromatic heterocycles. The standard InChI is InChI=1S/C14H14N4O2S/c1-20-11-4-2-9(3-5-11)12-7-18-10(6-13(19)17-15)8-21-14(18)16-12/h2-5,7-8H,6,15H2,1H3,(H,17,19). The maximum Gasteiger partial charge on any atom is 0.239 e. The molecule has 6 nitrogen and oxygen atoms in total. The van der Waals surface area contributed by atoms with Gasteiger partial charge in [-0.1, -0.05) is 0 Å². The van der Waals surface area contributed by atoms with Crippen molar-refractivity contribution in [3.8, 4) is 17.0 Å². The Morgan fingerprint density at radius 3 is 2.86 bits per heavy atom. The number of imidazole rings is 1. The van der Waals surface area contributed by atoms with Crippen LogP contribution in [0.1, 0.15) is 5.69 Å². The minimum Gasteiger partial charge on any atom is -0.497 e. The van der Waals surface area contributed by atoms with E-state index < -0.39 is 0 Å². The fraction of sp³-hybridized carbons (Fsp3) is 0.143. The van der Waals surface area contributed by atoms with E-state index in [1.54, 1.807) is 7.11 Å². The van der Waals surface area contributed by atoms with Crippen molar-refractivity contribution in [3.63, 3.8) is 0 Å². The number of thiazole rings is 1. The molecule has 1 amide bonds. The van der Waals surface area contributed by atoms with E-state index in [9.17, 15) is 4.79 Å². The molecule has 0 atom stereocenters. The third kappa shape index (κ3) is 2.61. The first-order valence-electron chi connectivity index (χ1n) is 6.30. The molecule has 0 aliphatic carbocycles. The van der Waals surface area contributed by atoms with Crippen molar-refractivity contribution < 1.29 is 9.53 Å². The van der Waals surface area contributed by atoms with E-state index in [0.29, 0.717) is 0 Å². The van der Waals surface area contributed by atoms with E-state index in [-0.39, 0.29) is 12.3 Å². The van der Waals surface area contributed by atoms with Crippen molar-refractivity contribution >= 4 is 22.2 Å². The summed E-state index contributed by atoms with van der Waals surface area (Å²) in [7, 11) is 1.64. The predicted molar refractivity (Wildman–Crippen MR) is 81.1 cm³/mol. The molecule has 0 aliphatic heterocycles. The number of nitrogens with one attached hydrogen (secondary N) is 1. The fourth-order valence-corrected chi connectivity index (χ4v) is 2.95. The van der Waals surface area contributed by atoms with Crippen LogP contribution in [0.5, 0.6) is 5.75 Å². The molecule has 3 rings (SSSR count). The number of carbonyl (C=O) groups is 1. The van der Waals surface area contributed by atoms with Crippen LogP contribution in [0.2, 0.25) is 0 Å². The minimum atomic E-state index is -0.227. The lowest BCUT2D eigenvalue weighted by Crippen LogP contribution is -2.31. The van der Waals surface area contributed by atoms with E-state index in [4.69, 9.17) is 10.6 Å². The maximum atomic E-state index is 11.4. The summed E-state index contributed by atoms with van der Waals surface area (Å²) >= 11 is 1.50. The van der Waals surface area contributed by atoms with Gasteiger partial charge in [0.15, 0.2) is 4.96 Å². The summed E-state index contributed by atoms with van der Waals surface area (Å²) in [6.45, 7) is 0. The SMILES string of the molecule is COc1ccc(-c2cn3c(CC(=O)NN)csc3n2)cc1. The van der Waals surface area contributed by atoms with Crippen LogP contribution in [0, 0.1) is 0 Å². The average Bonchev–Trinajstić information content (AvgIpc) is 3.09. The number of benzene rings is 1. The van der Waals surface area contributed by atoms with Gasteiger partial charge in [0.05, 0.1) is 19.2 Å². The molecule has 3 aromatic rings. The van der Waals surface area contributed by atoms with Gasteiger partial charge in [-0.25, -0.2) is 10.8 Å². The Kier molecular flexibility index (Phi) is 3.59. The first-order chi connectivity index (χ1) is 10.2. The van der Waals surface area contributed by atoms with E-state index in [1.165, 1.54) is 11.3 Å². The molecule has 0 spiro atoms. The van der Waals surface area contributed by atoms with Gasteiger partial charge < -0.3 is 4.74 Å². The zero-order chi connectivity index (χ0) is 14.8. The summed E-state index contributed by atoms with van der Waals surface area (Å²) in [6.07, 6.45) is 2.15. The molecule has 0 radical (unpaired) electrons. The first kappa shape index (κ1) is 13.6. The van der Waals surface area contributed by atoms with Gasteiger partial charge in [0.1, 0.15) is 5.75 Å². The molecule has 0 aliphatic rings. The van der Waals surface area contributed by atoms with Crippen LogP contribution in [0.15, 0.2) is 35.8 Å². The van der Waals surface area contributed by atoms with Crippen molar-refractivity contribution in [3.05, 3.63) is 41.5 Å². The van der Waals surface area contributed by atoms with Crippen molar-refractivity contribution in [2.75, 3.05) is 7.11 Å². The van der Waals surface area contributed by atoms with E-state index >= 15 is 0 Å². The van der Waals surface area contributed by atoms with Gasteiger partial charge in [-0.05, 0) is 24.3 Å². The van der Waals surface area contributed by atoms with E-state index in [2.05, 4.69) is 10.4 Å². The molecule has 0 fully saturated rings. The second-order valence-corrected chi connectivity index (χ2v) is 5.32. The Hall–Kier alpha value is -2.38. The van der Waals surface area contributed by atoms with Crippen molar-refractivity contribution in [2.45, 2.75) is 6.42 Å². The molecule has 7 heteroatoms. The summed E-state index contributed by atoms with van der Waals surface area (Å²) in [5.41, 5.74) is 4.86.